The monoisotopic (exact) mass is 335 g/mol. The quantitative estimate of drug-likeness (QED) is 0.817. The molecule has 0 amide bonds. The fourth-order valence-corrected chi connectivity index (χ4v) is 2.52. The van der Waals surface area contributed by atoms with E-state index in [1.165, 1.54) is 26.1 Å². The van der Waals surface area contributed by atoms with Crippen LogP contribution in [0.2, 0.25) is 0 Å². The number of halogens is 3. The predicted octanol–water partition coefficient (Wildman–Crippen LogP) is 5.18. The van der Waals surface area contributed by atoms with Crippen LogP contribution in [0.25, 0.3) is 11.1 Å². The summed E-state index contributed by atoms with van der Waals surface area (Å²) in [6.45, 7) is 5.34. The average molecular weight is 335 g/mol. The molecule has 0 saturated heterocycles. The molecule has 2 radical (unpaired) electrons. The standard InChI is InChI=1S/C19H20F3NO/c1-12(2)13-4-7-18(24-3)17(11-13)16-6-5-15(19(20,21)22)10-14(16)8-9-23/h4-12H,23H2,1-3H3. The minimum atomic E-state index is -4.40. The minimum Gasteiger partial charge on any atom is -0.496 e. The van der Waals surface area contributed by atoms with Crippen LogP contribution in [-0.2, 0) is 6.18 Å². The van der Waals surface area contributed by atoms with Gasteiger partial charge in [0.15, 0.2) is 0 Å². The highest BCUT2D eigenvalue weighted by Gasteiger charge is 2.31. The summed E-state index contributed by atoms with van der Waals surface area (Å²) in [5.41, 5.74) is 7.57. The van der Waals surface area contributed by atoms with Crippen LogP contribution in [0.5, 0.6) is 5.75 Å². The fraction of sp³-hybridized carbons (Fsp3) is 0.263. The van der Waals surface area contributed by atoms with Gasteiger partial charge >= 0.3 is 6.18 Å². The summed E-state index contributed by atoms with van der Waals surface area (Å²) in [6.07, 6.45) is -2.94. The van der Waals surface area contributed by atoms with Crippen LogP contribution in [0.3, 0.4) is 0 Å². The third-order valence-corrected chi connectivity index (χ3v) is 3.84. The number of nitrogens with two attached hydrogens (primary N) is 1. The second-order valence-corrected chi connectivity index (χ2v) is 5.77. The zero-order valence-corrected chi connectivity index (χ0v) is 13.8. The van der Waals surface area contributed by atoms with E-state index in [2.05, 4.69) is 13.8 Å². The molecule has 0 heterocycles. The molecule has 2 N–H and O–H groups in total. The van der Waals surface area contributed by atoms with Crippen LogP contribution in [0, 0.1) is 13.0 Å². The van der Waals surface area contributed by atoms with Crippen molar-refractivity contribution in [1.82, 2.24) is 0 Å². The van der Waals surface area contributed by atoms with Crippen LogP contribution in [0.4, 0.5) is 13.2 Å². The van der Waals surface area contributed by atoms with E-state index in [0.29, 0.717) is 16.9 Å². The molecule has 5 heteroatoms. The summed E-state index contributed by atoms with van der Waals surface area (Å²) in [4.78, 5) is 0. The number of benzene rings is 2. The maximum atomic E-state index is 13.0. The normalized spacial score (nSPS) is 11.8. The van der Waals surface area contributed by atoms with Gasteiger partial charge in [-0.1, -0.05) is 26.0 Å². The van der Waals surface area contributed by atoms with Gasteiger partial charge in [0.05, 0.1) is 12.7 Å². The molecule has 0 saturated carbocycles. The van der Waals surface area contributed by atoms with Crippen molar-refractivity contribution < 1.29 is 17.9 Å². The number of methoxy groups -OCH3 is 1. The lowest BCUT2D eigenvalue weighted by Crippen LogP contribution is -2.07. The molecule has 0 unspecified atom stereocenters. The Morgan fingerprint density at radius 2 is 1.75 bits per heavy atom. The molecule has 128 valence electrons. The van der Waals surface area contributed by atoms with Gasteiger partial charge in [0, 0.05) is 18.5 Å². The topological polar surface area (TPSA) is 35.2 Å². The maximum Gasteiger partial charge on any atom is 0.416 e. The third-order valence-electron chi connectivity index (χ3n) is 3.84. The zero-order chi connectivity index (χ0) is 17.9. The molecule has 0 aliphatic heterocycles. The third kappa shape index (κ3) is 3.90. The molecule has 2 aromatic rings. The molecule has 2 nitrogen and oxygen atoms in total. The van der Waals surface area contributed by atoms with E-state index in [4.69, 9.17) is 10.5 Å². The Labute approximate surface area is 140 Å². The lowest BCUT2D eigenvalue weighted by Gasteiger charge is -2.17. The van der Waals surface area contributed by atoms with Gasteiger partial charge in [-0.15, -0.1) is 0 Å². The van der Waals surface area contributed by atoms with Crippen LogP contribution >= 0.6 is 0 Å². The first kappa shape index (κ1) is 18.3. The van der Waals surface area contributed by atoms with Crippen molar-refractivity contribution in [3.05, 3.63) is 66.1 Å². The molecule has 0 aliphatic carbocycles. The Bertz CT molecular complexity index is 708. The van der Waals surface area contributed by atoms with Gasteiger partial charge < -0.3 is 10.5 Å². The fourth-order valence-electron chi connectivity index (χ4n) is 2.52. The average Bonchev–Trinajstić information content (AvgIpc) is 2.53. The van der Waals surface area contributed by atoms with Crippen LogP contribution in [0.1, 0.15) is 36.5 Å². The van der Waals surface area contributed by atoms with Gasteiger partial charge in [0.1, 0.15) is 5.75 Å². The maximum absolute atomic E-state index is 13.0. The van der Waals surface area contributed by atoms with Crippen molar-refractivity contribution in [1.29, 1.82) is 0 Å². The van der Waals surface area contributed by atoms with E-state index in [-0.39, 0.29) is 5.92 Å². The van der Waals surface area contributed by atoms with E-state index in [1.54, 1.807) is 0 Å². The lowest BCUT2D eigenvalue weighted by atomic mass is 9.91. The summed E-state index contributed by atoms with van der Waals surface area (Å²) < 4.78 is 44.3. The summed E-state index contributed by atoms with van der Waals surface area (Å²) in [6, 6.07) is 9.36. The van der Waals surface area contributed by atoms with E-state index in [0.717, 1.165) is 23.3 Å². The van der Waals surface area contributed by atoms with Gasteiger partial charge in [0.25, 0.3) is 0 Å². The number of hydrogen-bond acceptors (Lipinski definition) is 2. The summed E-state index contributed by atoms with van der Waals surface area (Å²) in [5.74, 6) is 0.892. The van der Waals surface area contributed by atoms with Gasteiger partial charge in [-0.2, -0.15) is 13.2 Å². The van der Waals surface area contributed by atoms with Crippen LogP contribution in [-0.4, -0.2) is 7.11 Å². The Hall–Kier alpha value is -2.01. The first-order chi connectivity index (χ1) is 11.3. The van der Waals surface area contributed by atoms with Crippen molar-refractivity contribution in [2.75, 3.05) is 7.11 Å². The number of alkyl halides is 3. The summed E-state index contributed by atoms with van der Waals surface area (Å²) in [7, 11) is 1.54. The van der Waals surface area contributed by atoms with Gasteiger partial charge in [-0.05, 0) is 46.9 Å². The number of ether oxygens (including phenoxy) is 1. The van der Waals surface area contributed by atoms with Gasteiger partial charge in [0.2, 0.25) is 0 Å². The first-order valence-electron chi connectivity index (χ1n) is 7.55. The molecule has 0 fully saturated rings. The highest BCUT2D eigenvalue weighted by Crippen LogP contribution is 2.38. The first-order valence-corrected chi connectivity index (χ1v) is 7.55. The molecule has 24 heavy (non-hydrogen) atoms. The second-order valence-electron chi connectivity index (χ2n) is 5.77. The predicted molar refractivity (Wildman–Crippen MR) is 89.4 cm³/mol. The molecule has 0 aromatic heterocycles. The molecule has 0 atom stereocenters. The van der Waals surface area contributed by atoms with Crippen molar-refractivity contribution in [2.45, 2.75) is 25.9 Å². The highest BCUT2D eigenvalue weighted by molar-refractivity contribution is 5.76. The Kier molecular flexibility index (Phi) is 5.54. The van der Waals surface area contributed by atoms with Gasteiger partial charge in [-0.3, -0.25) is 0 Å². The van der Waals surface area contributed by atoms with Crippen molar-refractivity contribution in [3.63, 3.8) is 0 Å². The lowest BCUT2D eigenvalue weighted by molar-refractivity contribution is -0.137. The minimum absolute atomic E-state index is 0.289. The highest BCUT2D eigenvalue weighted by atomic mass is 19.4. The molecular weight excluding hydrogens is 315 g/mol. The summed E-state index contributed by atoms with van der Waals surface area (Å²) in [5, 5.41) is 0. The molecule has 2 aromatic carbocycles. The smallest absolute Gasteiger partial charge is 0.416 e. The molecular formula is C19H20F3NO. The Morgan fingerprint density at radius 3 is 2.29 bits per heavy atom. The number of hydrogen-bond donors (Lipinski definition) is 1. The zero-order valence-electron chi connectivity index (χ0n) is 13.8. The van der Waals surface area contributed by atoms with Crippen molar-refractivity contribution in [2.24, 2.45) is 5.73 Å². The molecule has 2 rings (SSSR count). The van der Waals surface area contributed by atoms with Crippen LogP contribution in [0.15, 0.2) is 36.4 Å². The van der Waals surface area contributed by atoms with E-state index in [9.17, 15) is 13.2 Å². The van der Waals surface area contributed by atoms with Crippen molar-refractivity contribution in [3.8, 4) is 16.9 Å². The second kappa shape index (κ2) is 7.26. The largest absolute Gasteiger partial charge is 0.496 e. The SMILES string of the molecule is COc1ccc(C(C)C)cc1-c1ccc(C(F)(F)F)cc1[CH][CH]N. The van der Waals surface area contributed by atoms with Crippen LogP contribution < -0.4 is 10.5 Å². The summed E-state index contributed by atoms with van der Waals surface area (Å²) >= 11 is 0. The molecule has 0 aliphatic rings. The van der Waals surface area contributed by atoms with Gasteiger partial charge in [-0.25, -0.2) is 0 Å². The Morgan fingerprint density at radius 1 is 1.04 bits per heavy atom. The molecule has 0 bridgehead atoms. The van der Waals surface area contributed by atoms with E-state index < -0.39 is 11.7 Å². The molecule has 0 spiro atoms. The number of rotatable bonds is 5. The Balaban J connectivity index is 2.64. The van der Waals surface area contributed by atoms with Crippen molar-refractivity contribution >= 4 is 0 Å². The van der Waals surface area contributed by atoms with E-state index in [1.807, 2.05) is 18.2 Å². The van der Waals surface area contributed by atoms with E-state index >= 15 is 0 Å².